The van der Waals surface area contributed by atoms with Crippen molar-refractivity contribution in [3.8, 4) is 73.2 Å². The molecule has 0 aliphatic carbocycles. The van der Waals surface area contributed by atoms with Crippen LogP contribution in [0.15, 0.2) is 431 Å². The van der Waals surface area contributed by atoms with E-state index < -0.39 is 24.2 Å². The summed E-state index contributed by atoms with van der Waals surface area (Å²) in [6.07, 6.45) is 11.6. The van der Waals surface area contributed by atoms with Gasteiger partial charge in [0.2, 0.25) is 0 Å². The number of thiophene rings is 1. The molecule has 9 heterocycles. The predicted octanol–water partition coefficient (Wildman–Crippen LogP) is 25.3. The second kappa shape index (κ2) is 44.2. The van der Waals surface area contributed by atoms with Crippen LogP contribution in [0.4, 0.5) is 0 Å². The molecule has 0 N–H and O–H groups in total. The average Bonchev–Trinajstić information content (AvgIpc) is 1.59. The second-order valence-corrected chi connectivity index (χ2v) is 47.0. The Balaban J connectivity index is 0.000000132. The van der Waals surface area contributed by atoms with Crippen LogP contribution in [0.25, 0.3) is 137 Å². The van der Waals surface area contributed by atoms with Crippen LogP contribution in [0.1, 0.15) is 6.92 Å². The topological polar surface area (TPSA) is 87.2 Å². The first-order valence-corrected chi connectivity index (χ1v) is 53.0. The Kier molecular flexibility index (Phi) is 31.8. The molecule has 0 spiro atoms. The van der Waals surface area contributed by atoms with Gasteiger partial charge in [0.25, 0.3) is 0 Å². The van der Waals surface area contributed by atoms with E-state index in [4.69, 9.17) is 15.0 Å². The van der Waals surface area contributed by atoms with Crippen LogP contribution < -0.4 is 31.1 Å². The normalized spacial score (nSPS) is 11.0. The van der Waals surface area contributed by atoms with Crippen LogP contribution in [-0.2, 0) is 66.9 Å². The van der Waals surface area contributed by atoms with Gasteiger partial charge in [0.15, 0.2) is 0 Å². The average molecular weight is 2290 g/mol. The second-order valence-electron chi connectivity index (χ2n) is 32.7. The summed E-state index contributed by atoms with van der Waals surface area (Å²) in [4.78, 5) is 27.2. The molecule has 131 heavy (non-hydrogen) atoms. The van der Waals surface area contributed by atoms with Crippen molar-refractivity contribution in [3.63, 3.8) is 0 Å². The van der Waals surface area contributed by atoms with Crippen molar-refractivity contribution < 1.29 is 60.3 Å². The van der Waals surface area contributed by atoms with Gasteiger partial charge in [-0.15, -0.1) is 179 Å². The fourth-order valence-electron chi connectivity index (χ4n) is 16.3. The van der Waals surface area contributed by atoms with Gasteiger partial charge < -0.3 is 39.0 Å². The van der Waals surface area contributed by atoms with Gasteiger partial charge in [0.05, 0.1) is 0 Å². The van der Waals surface area contributed by atoms with E-state index in [0.29, 0.717) is 0 Å². The number of hydrogen-bond acceptors (Lipinski definition) is 7. The largest absolute Gasteiger partial charge is 0.359 e. The molecule has 22 aromatic rings. The molecule has 0 unspecified atom stereocenters. The Morgan fingerprint density at radius 3 is 0.977 bits per heavy atom. The number of rotatable bonds is 14. The summed E-state index contributed by atoms with van der Waals surface area (Å²) >= 11 is 1.83. The number of pyridine rings is 6. The molecule has 0 fully saturated rings. The van der Waals surface area contributed by atoms with Crippen molar-refractivity contribution in [2.75, 3.05) is 0 Å². The Morgan fingerprint density at radius 2 is 0.588 bits per heavy atom. The van der Waals surface area contributed by atoms with Crippen molar-refractivity contribution in [1.29, 1.82) is 0 Å². The molecule has 0 amide bonds. The summed E-state index contributed by atoms with van der Waals surface area (Å²) in [5.74, 6) is 0. The summed E-state index contributed by atoms with van der Waals surface area (Å²) in [5.41, 5.74) is 18.1. The molecule has 22 rings (SSSR count). The molecule has 0 aliphatic heterocycles. The standard InChI is InChI=1S/C31H25N2Si.C27H25N2Si.C25H20NSSi.3C11H8N.3Ir/c1-34(2,25-13-7-4-8-14-25)26-18-20-29(32-22-26)23-17-19-28-27-15-9-10-16-30(27)33(31(28)21-23)24-11-5-3-6-12-24;1-4-29-26-13-9-8-12-23(26)24-16-14-20(18-27(24)29)25-17-15-22(19-28-25)30(2,3)21-10-6-5-7-11-21;1-28(2,19-8-4-3-5-9-19)20-13-15-23(26-17-20)18-12-14-22-21-10-6-7-11-24(21)27-25(22)16-18;3*1-2-6-10(7-3-1)11-8-4-5-9-12-11;;;/h3-16,18-22H,1-2H3;5-13,15-19H,4H2,1-3H3;3-11,13-17H,1-2H3;3*1-6,8-9H;;;/q6*-1;;;. The zero-order chi connectivity index (χ0) is 87.7. The number of nitrogens with zero attached hydrogens (tertiary/aromatic N) is 8. The van der Waals surface area contributed by atoms with E-state index in [1.165, 1.54) is 94.9 Å². The van der Waals surface area contributed by atoms with Gasteiger partial charge in [-0.3, -0.25) is 0 Å². The van der Waals surface area contributed by atoms with E-state index >= 15 is 0 Å². The molecular formula is C116H94Ir3N8SSi3-6. The van der Waals surface area contributed by atoms with E-state index in [1.807, 2.05) is 139 Å². The Labute approximate surface area is 816 Å². The molecule has 15 heteroatoms. The molecule has 0 aliphatic rings. The van der Waals surface area contributed by atoms with Crippen molar-refractivity contribution in [1.82, 2.24) is 39.0 Å². The van der Waals surface area contributed by atoms with Gasteiger partial charge >= 0.3 is 0 Å². The van der Waals surface area contributed by atoms with Crippen LogP contribution in [0.2, 0.25) is 39.3 Å². The van der Waals surface area contributed by atoms with E-state index in [2.05, 4.69) is 392 Å². The van der Waals surface area contributed by atoms with Gasteiger partial charge in [-0.1, -0.05) is 308 Å². The SMILES string of the molecule is CCn1c2ccccc2c2c[c-]c(-c3ccc([Si](C)(C)c4ccccc4)cn3)cc21.C[Si](C)(c1ccccc1)c1ccc(-c2[c-]cc3c(c2)sc2ccccc23)nc1.C[Si](C)(c1ccccc1)c1ccc(-c2[c-]cc3c4ccccc4n(-c4ccccc4)c3c2)nc1.[Ir].[Ir].[Ir].[c-]1ccccc1-c1ccccn1.[c-]1ccccc1-c1ccccn1.[c-]1ccccc1-c1ccccn1. The fourth-order valence-corrected chi connectivity index (χ4v) is 24.1. The number of para-hydroxylation sites is 3. The smallest absolute Gasteiger partial charge is 0.114 e. The third kappa shape index (κ3) is 21.8. The Morgan fingerprint density at radius 1 is 0.252 bits per heavy atom. The Bertz CT molecular complexity index is 7090. The zero-order valence-corrected chi connectivity index (χ0v) is 84.7. The number of hydrogen-bond donors (Lipinski definition) is 0. The van der Waals surface area contributed by atoms with E-state index in [1.54, 1.807) is 18.6 Å². The molecular weight excluding hydrogens is 2200 g/mol. The third-order valence-electron chi connectivity index (χ3n) is 23.7. The summed E-state index contributed by atoms with van der Waals surface area (Å²) in [6.45, 7) is 17.4. The van der Waals surface area contributed by atoms with Gasteiger partial charge in [0.1, 0.15) is 24.2 Å². The van der Waals surface area contributed by atoms with Crippen LogP contribution in [0.3, 0.4) is 0 Å². The first-order valence-electron chi connectivity index (χ1n) is 43.2. The van der Waals surface area contributed by atoms with Crippen molar-refractivity contribution in [2.45, 2.75) is 52.8 Å². The fraction of sp³-hybridized carbons (Fsp3) is 0.0690. The number of fused-ring (bicyclic) bond motifs is 9. The maximum Gasteiger partial charge on any atom is 0.114 e. The first kappa shape index (κ1) is 94.3. The van der Waals surface area contributed by atoms with E-state index in [0.717, 1.165) is 79.8 Å². The minimum atomic E-state index is -1.78. The summed E-state index contributed by atoms with van der Waals surface area (Å²) in [6, 6.07) is 156. The molecule has 0 atom stereocenters. The van der Waals surface area contributed by atoms with Crippen LogP contribution >= 0.6 is 11.3 Å². The van der Waals surface area contributed by atoms with Gasteiger partial charge in [-0.05, 0) is 137 Å². The van der Waals surface area contributed by atoms with Crippen LogP contribution in [0, 0.1) is 36.4 Å². The maximum atomic E-state index is 4.90. The predicted molar refractivity (Wildman–Crippen MR) is 547 cm³/mol. The zero-order valence-electron chi connectivity index (χ0n) is 73.7. The monoisotopic (exact) mass is 2290 g/mol. The van der Waals surface area contributed by atoms with Gasteiger partial charge in [0, 0.05) is 125 Å². The molecule has 8 nitrogen and oxygen atoms in total. The molecule has 0 saturated heterocycles. The summed E-state index contributed by atoms with van der Waals surface area (Å²) in [7, 11) is -5.23. The van der Waals surface area contributed by atoms with Gasteiger partial charge in [-0.2, -0.15) is 11.3 Å². The van der Waals surface area contributed by atoms with Crippen molar-refractivity contribution in [3.05, 3.63) is 468 Å². The van der Waals surface area contributed by atoms with E-state index in [9.17, 15) is 0 Å². The van der Waals surface area contributed by atoms with Crippen LogP contribution in [-0.4, -0.2) is 63.3 Å². The van der Waals surface area contributed by atoms with Gasteiger partial charge in [-0.25, -0.2) is 0 Å². The number of aryl methyl sites for hydroxylation is 1. The summed E-state index contributed by atoms with van der Waals surface area (Å²) < 4.78 is 7.32. The number of aromatic nitrogens is 8. The molecule has 9 aromatic heterocycles. The van der Waals surface area contributed by atoms with E-state index in [-0.39, 0.29) is 60.3 Å². The first-order chi connectivity index (χ1) is 62.7. The quantitative estimate of drug-likeness (QED) is 0.0796. The number of benzene rings is 13. The van der Waals surface area contributed by atoms with Crippen LogP contribution in [0.5, 0.6) is 0 Å². The molecule has 0 saturated carbocycles. The van der Waals surface area contributed by atoms with Crippen molar-refractivity contribution in [2.24, 2.45) is 0 Å². The molecule has 649 valence electrons. The summed E-state index contributed by atoms with van der Waals surface area (Å²) in [5, 5.41) is 15.9. The minimum absolute atomic E-state index is 0. The molecule has 0 bridgehead atoms. The molecule has 13 aromatic carbocycles. The minimum Gasteiger partial charge on any atom is -0.359 e. The van der Waals surface area contributed by atoms with Crippen molar-refractivity contribution >= 4 is 130 Å². The maximum absolute atomic E-state index is 4.90. The Hall–Kier alpha value is -12.8. The third-order valence-corrected chi connectivity index (χ3v) is 35.4. The molecule has 3 radical (unpaired) electrons.